The number of carbonyl (C=O) groups is 1. The minimum absolute atomic E-state index is 0.529. The van der Waals surface area contributed by atoms with E-state index in [1.807, 2.05) is 0 Å². The van der Waals surface area contributed by atoms with Gasteiger partial charge in [-0.05, 0) is 36.3 Å². The molecule has 1 aliphatic carbocycles. The van der Waals surface area contributed by atoms with Gasteiger partial charge in [0.25, 0.3) is 0 Å². The lowest BCUT2D eigenvalue weighted by atomic mass is 9.85. The first kappa shape index (κ1) is 10.6. The van der Waals surface area contributed by atoms with Crippen LogP contribution >= 0.6 is 0 Å². The maximum absolute atomic E-state index is 10.8. The fourth-order valence-corrected chi connectivity index (χ4v) is 2.67. The van der Waals surface area contributed by atoms with Gasteiger partial charge in [-0.3, -0.25) is 0 Å². The van der Waals surface area contributed by atoms with Gasteiger partial charge < -0.3 is 9.36 Å². The Bertz CT molecular complexity index is 537. The summed E-state index contributed by atoms with van der Waals surface area (Å²) in [5, 5.41) is 1.25. The van der Waals surface area contributed by atoms with Crippen molar-refractivity contribution in [2.45, 2.75) is 32.2 Å². The van der Waals surface area contributed by atoms with Gasteiger partial charge in [0.05, 0.1) is 0 Å². The van der Waals surface area contributed by atoms with E-state index in [-0.39, 0.29) is 0 Å². The summed E-state index contributed by atoms with van der Waals surface area (Å²) >= 11 is 0. The third kappa shape index (κ3) is 1.88. The quantitative estimate of drug-likeness (QED) is 0.735. The number of hydrogen-bond acceptors (Lipinski definition) is 1. The number of fused-ring (bicyclic) bond motifs is 1. The zero-order valence-corrected chi connectivity index (χ0v) is 9.93. The maximum Gasteiger partial charge on any atom is 0.125 e. The average Bonchev–Trinajstić information content (AvgIpc) is 2.62. The summed E-state index contributed by atoms with van der Waals surface area (Å²) in [6.07, 6.45) is 5.58. The van der Waals surface area contributed by atoms with Crippen LogP contribution < -0.4 is 0 Å². The maximum atomic E-state index is 10.8. The number of benzene rings is 1. The summed E-state index contributed by atoms with van der Waals surface area (Å²) in [4.78, 5) is 10.8. The van der Waals surface area contributed by atoms with Crippen molar-refractivity contribution in [2.75, 3.05) is 0 Å². The summed E-state index contributed by atoms with van der Waals surface area (Å²) in [6, 6.07) is 10.6. The molecule has 1 aromatic carbocycles. The van der Waals surface area contributed by atoms with Gasteiger partial charge in [0.1, 0.15) is 6.29 Å². The number of carbonyl (C=O) groups excluding carboxylic acids is 1. The zero-order valence-electron chi connectivity index (χ0n) is 9.93. The van der Waals surface area contributed by atoms with Crippen LogP contribution in [0.4, 0.5) is 0 Å². The second-order valence-corrected chi connectivity index (χ2v) is 4.97. The van der Waals surface area contributed by atoms with Crippen LogP contribution in [0.25, 0.3) is 10.9 Å². The molecule has 1 saturated carbocycles. The van der Waals surface area contributed by atoms with E-state index in [9.17, 15) is 4.79 Å². The average molecular weight is 227 g/mol. The van der Waals surface area contributed by atoms with Crippen LogP contribution in [0.5, 0.6) is 0 Å². The van der Waals surface area contributed by atoms with Gasteiger partial charge >= 0.3 is 0 Å². The van der Waals surface area contributed by atoms with Gasteiger partial charge in [0.2, 0.25) is 0 Å². The van der Waals surface area contributed by atoms with E-state index >= 15 is 0 Å². The molecule has 1 heterocycles. The molecule has 0 bridgehead atoms. The summed E-state index contributed by atoms with van der Waals surface area (Å²) < 4.78 is 2.34. The van der Waals surface area contributed by atoms with E-state index in [1.165, 1.54) is 30.2 Å². The Kier molecular flexibility index (Phi) is 2.71. The van der Waals surface area contributed by atoms with Crippen molar-refractivity contribution in [1.29, 1.82) is 0 Å². The summed E-state index contributed by atoms with van der Waals surface area (Å²) in [7, 11) is 0. The summed E-state index contributed by atoms with van der Waals surface area (Å²) in [6.45, 7) is 1.08. The van der Waals surface area contributed by atoms with E-state index in [4.69, 9.17) is 0 Å². The molecule has 88 valence electrons. The Labute approximate surface area is 101 Å². The van der Waals surface area contributed by atoms with E-state index in [2.05, 4.69) is 34.9 Å². The van der Waals surface area contributed by atoms with Crippen molar-refractivity contribution < 1.29 is 4.79 Å². The van der Waals surface area contributed by atoms with E-state index < -0.39 is 0 Å². The van der Waals surface area contributed by atoms with Gasteiger partial charge in [-0.25, -0.2) is 0 Å². The summed E-state index contributed by atoms with van der Waals surface area (Å²) in [5.74, 6) is 0.816. The standard InChI is InChI=1S/C15H17NO/c17-9-8-14-10-13-6-1-2-7-15(13)16(14)11-12-4-3-5-12/h1-2,6-7,9-10,12H,3-5,8,11H2. The highest BCUT2D eigenvalue weighted by Gasteiger charge is 2.19. The minimum Gasteiger partial charge on any atom is -0.344 e. The van der Waals surface area contributed by atoms with Gasteiger partial charge in [-0.15, -0.1) is 0 Å². The first-order valence-electron chi connectivity index (χ1n) is 6.39. The first-order chi connectivity index (χ1) is 8.38. The molecule has 1 aliphatic rings. The topological polar surface area (TPSA) is 22.0 Å². The van der Waals surface area contributed by atoms with Gasteiger partial charge in [-0.2, -0.15) is 0 Å². The second-order valence-electron chi connectivity index (χ2n) is 4.97. The van der Waals surface area contributed by atoms with Crippen molar-refractivity contribution in [2.24, 2.45) is 5.92 Å². The van der Waals surface area contributed by atoms with Gasteiger partial charge in [0.15, 0.2) is 0 Å². The molecule has 0 spiro atoms. The third-order valence-corrected chi connectivity index (χ3v) is 3.85. The molecule has 1 aromatic heterocycles. The first-order valence-corrected chi connectivity index (χ1v) is 6.39. The molecule has 0 aliphatic heterocycles. The van der Waals surface area contributed by atoms with Gasteiger partial charge in [0, 0.05) is 24.2 Å². The predicted molar refractivity (Wildman–Crippen MR) is 69.0 cm³/mol. The van der Waals surface area contributed by atoms with Crippen molar-refractivity contribution in [1.82, 2.24) is 4.57 Å². The lowest BCUT2D eigenvalue weighted by Gasteiger charge is -2.27. The lowest BCUT2D eigenvalue weighted by Crippen LogP contribution is -2.19. The Balaban J connectivity index is 2.03. The van der Waals surface area contributed by atoms with Crippen LogP contribution in [0.2, 0.25) is 0 Å². The highest BCUT2D eigenvalue weighted by Crippen LogP contribution is 2.30. The normalized spacial score (nSPS) is 16.0. The molecule has 2 heteroatoms. The monoisotopic (exact) mass is 227 g/mol. The molecule has 0 atom stereocenters. The van der Waals surface area contributed by atoms with Crippen LogP contribution in [0.3, 0.4) is 0 Å². The van der Waals surface area contributed by atoms with Crippen LogP contribution in [0.15, 0.2) is 30.3 Å². The fourth-order valence-electron chi connectivity index (χ4n) is 2.67. The molecule has 0 N–H and O–H groups in total. The number of aromatic nitrogens is 1. The molecule has 0 radical (unpaired) electrons. The van der Waals surface area contributed by atoms with Gasteiger partial charge in [-0.1, -0.05) is 24.6 Å². The molecule has 0 amide bonds. The van der Waals surface area contributed by atoms with E-state index in [1.54, 1.807) is 0 Å². The fraction of sp³-hybridized carbons (Fsp3) is 0.400. The van der Waals surface area contributed by atoms with E-state index in [0.29, 0.717) is 6.42 Å². The minimum atomic E-state index is 0.529. The molecule has 0 saturated heterocycles. The molecular formula is C15H17NO. The number of hydrogen-bond donors (Lipinski definition) is 0. The predicted octanol–water partition coefficient (Wildman–Crippen LogP) is 3.18. The molecule has 2 nitrogen and oxygen atoms in total. The van der Waals surface area contributed by atoms with Crippen molar-refractivity contribution in [3.8, 4) is 0 Å². The van der Waals surface area contributed by atoms with Crippen LogP contribution in [0, 0.1) is 5.92 Å². The van der Waals surface area contributed by atoms with Crippen molar-refractivity contribution in [3.63, 3.8) is 0 Å². The highest BCUT2D eigenvalue weighted by atomic mass is 16.1. The molecule has 17 heavy (non-hydrogen) atoms. The highest BCUT2D eigenvalue weighted by molar-refractivity contribution is 5.82. The largest absolute Gasteiger partial charge is 0.344 e. The number of nitrogens with zero attached hydrogens (tertiary/aromatic N) is 1. The SMILES string of the molecule is O=CCc1cc2ccccc2n1CC1CCC1. The molecule has 0 unspecified atom stereocenters. The molecule has 3 rings (SSSR count). The van der Waals surface area contributed by atoms with Crippen LogP contribution in [-0.2, 0) is 17.8 Å². The Hall–Kier alpha value is -1.57. The zero-order chi connectivity index (χ0) is 11.7. The molecule has 2 aromatic rings. The van der Waals surface area contributed by atoms with Crippen molar-refractivity contribution in [3.05, 3.63) is 36.0 Å². The Morgan fingerprint density at radius 2 is 2.12 bits per heavy atom. The third-order valence-electron chi connectivity index (χ3n) is 3.85. The summed E-state index contributed by atoms with van der Waals surface area (Å²) in [5.41, 5.74) is 2.43. The number of rotatable bonds is 4. The number of para-hydroxylation sites is 1. The van der Waals surface area contributed by atoms with Crippen LogP contribution in [-0.4, -0.2) is 10.9 Å². The molecular weight excluding hydrogens is 210 g/mol. The lowest BCUT2D eigenvalue weighted by molar-refractivity contribution is -0.107. The van der Waals surface area contributed by atoms with Crippen LogP contribution in [0.1, 0.15) is 25.0 Å². The molecule has 1 fully saturated rings. The van der Waals surface area contributed by atoms with Crippen molar-refractivity contribution >= 4 is 17.2 Å². The Morgan fingerprint density at radius 3 is 2.82 bits per heavy atom. The second kappa shape index (κ2) is 4.36. The Morgan fingerprint density at radius 1 is 1.29 bits per heavy atom. The number of aldehydes is 1. The smallest absolute Gasteiger partial charge is 0.125 e. The van der Waals surface area contributed by atoms with E-state index in [0.717, 1.165) is 24.4 Å².